The van der Waals surface area contributed by atoms with E-state index in [4.69, 9.17) is 9.72 Å². The fourth-order valence-electron chi connectivity index (χ4n) is 9.13. The zero-order valence-corrected chi connectivity index (χ0v) is 34.9. The summed E-state index contributed by atoms with van der Waals surface area (Å²) in [6, 6.07) is 65.1. The molecule has 0 bridgehead atoms. The van der Waals surface area contributed by atoms with E-state index in [-0.39, 0.29) is 26.5 Å². The number of para-hydroxylation sites is 2. The molecule has 0 unspecified atom stereocenters. The minimum absolute atomic E-state index is 0. The van der Waals surface area contributed by atoms with Crippen molar-refractivity contribution >= 4 is 38.9 Å². The normalized spacial score (nSPS) is 13.6. The first-order valence-corrected chi connectivity index (χ1v) is 19.9. The molecule has 2 aliphatic rings. The van der Waals surface area contributed by atoms with Gasteiger partial charge in [-0.1, -0.05) is 140 Å². The molecular formula is C53H39N4OPt-3. The molecule has 5 nitrogen and oxygen atoms in total. The Morgan fingerprint density at radius 3 is 2.05 bits per heavy atom. The monoisotopic (exact) mass is 942 g/mol. The Hall–Kier alpha value is -6.42. The minimum atomic E-state index is -0.245. The van der Waals surface area contributed by atoms with Crippen LogP contribution in [0.3, 0.4) is 0 Å². The van der Waals surface area contributed by atoms with Gasteiger partial charge in [0, 0.05) is 55.7 Å². The first-order valence-electron chi connectivity index (χ1n) is 19.9. The number of pyridine rings is 1. The molecule has 0 fully saturated rings. The largest absolute Gasteiger partial charge is 0.509 e. The van der Waals surface area contributed by atoms with Gasteiger partial charge in [0.2, 0.25) is 0 Å². The number of aromatic nitrogens is 2. The number of ether oxygens (including phenoxy) is 1. The molecule has 4 heterocycles. The number of hydrogen-bond acceptors (Lipinski definition) is 4. The van der Waals surface area contributed by atoms with E-state index in [1.165, 1.54) is 50.3 Å². The molecule has 0 radical (unpaired) electrons. The van der Waals surface area contributed by atoms with Gasteiger partial charge in [0.1, 0.15) is 5.82 Å². The second kappa shape index (κ2) is 14.8. The topological polar surface area (TPSA) is 33.5 Å². The van der Waals surface area contributed by atoms with Crippen LogP contribution in [0.25, 0.3) is 49.9 Å². The average Bonchev–Trinajstić information content (AvgIpc) is 3.81. The Morgan fingerprint density at radius 2 is 1.31 bits per heavy atom. The molecule has 6 heteroatoms. The van der Waals surface area contributed by atoms with Crippen LogP contribution < -0.4 is 14.5 Å². The summed E-state index contributed by atoms with van der Waals surface area (Å²) < 4.78 is 8.81. The van der Waals surface area contributed by atoms with Gasteiger partial charge in [-0.2, -0.15) is 18.8 Å². The third-order valence-electron chi connectivity index (χ3n) is 11.9. The number of rotatable bonds is 8. The van der Waals surface area contributed by atoms with Crippen LogP contribution in [0.2, 0.25) is 0 Å². The predicted molar refractivity (Wildman–Crippen MR) is 236 cm³/mol. The summed E-state index contributed by atoms with van der Waals surface area (Å²) in [5.74, 6) is 2.11. The SMILES string of the molecule is CC1(C)c2ccc(Oc3[c-]c4c(cc3)c3ccccc3n4-c3ccccn3)[c-]c2N2[CH-]N(CCc3c(-c4ccccc4)cccc3-c3ccccc3)c3cccc1c32.[Pt]. The van der Waals surface area contributed by atoms with Crippen molar-refractivity contribution in [3.63, 3.8) is 0 Å². The van der Waals surface area contributed by atoms with E-state index in [1.54, 1.807) is 0 Å². The molecule has 0 N–H and O–H groups in total. The van der Waals surface area contributed by atoms with Gasteiger partial charge in [0.25, 0.3) is 0 Å². The smallest absolute Gasteiger partial charge is 0.135 e. The van der Waals surface area contributed by atoms with E-state index in [9.17, 15) is 0 Å². The third kappa shape index (κ3) is 6.15. The van der Waals surface area contributed by atoms with Gasteiger partial charge in [-0.15, -0.1) is 35.2 Å². The van der Waals surface area contributed by atoms with Crippen molar-refractivity contribution in [2.24, 2.45) is 0 Å². The van der Waals surface area contributed by atoms with Crippen LogP contribution in [0, 0.1) is 18.8 Å². The molecular weight excluding hydrogens is 904 g/mol. The number of fused-ring (bicyclic) bond motifs is 5. The molecule has 2 aliphatic heterocycles. The Morgan fingerprint density at radius 1 is 0.627 bits per heavy atom. The van der Waals surface area contributed by atoms with Crippen molar-refractivity contribution in [1.82, 2.24) is 9.55 Å². The summed E-state index contributed by atoms with van der Waals surface area (Å²) >= 11 is 0. The average molecular weight is 943 g/mol. The van der Waals surface area contributed by atoms with E-state index in [2.05, 4.69) is 180 Å². The molecule has 290 valence electrons. The van der Waals surface area contributed by atoms with E-state index in [0.717, 1.165) is 46.3 Å². The Kier molecular flexibility index (Phi) is 9.22. The molecule has 7 aromatic carbocycles. The van der Waals surface area contributed by atoms with Gasteiger partial charge in [0.15, 0.2) is 0 Å². The molecule has 0 saturated carbocycles. The van der Waals surface area contributed by atoms with Gasteiger partial charge in [-0.25, -0.2) is 4.98 Å². The maximum Gasteiger partial charge on any atom is 0.135 e. The summed E-state index contributed by atoms with van der Waals surface area (Å²) in [4.78, 5) is 9.43. The Bertz CT molecular complexity index is 2940. The maximum absolute atomic E-state index is 6.65. The maximum atomic E-state index is 6.65. The molecule has 0 aliphatic carbocycles. The molecule has 2 aromatic heterocycles. The Labute approximate surface area is 359 Å². The Balaban J connectivity index is 0.00000420. The van der Waals surface area contributed by atoms with Gasteiger partial charge in [0.05, 0.1) is 0 Å². The number of anilines is 3. The zero-order valence-electron chi connectivity index (χ0n) is 32.7. The first kappa shape index (κ1) is 36.9. The molecule has 9 aromatic rings. The third-order valence-corrected chi connectivity index (χ3v) is 11.9. The van der Waals surface area contributed by atoms with E-state index in [0.29, 0.717) is 11.5 Å². The predicted octanol–water partition coefficient (Wildman–Crippen LogP) is 12.9. The second-order valence-electron chi connectivity index (χ2n) is 15.6. The van der Waals surface area contributed by atoms with Gasteiger partial charge >= 0.3 is 0 Å². The van der Waals surface area contributed by atoms with Crippen LogP contribution in [-0.2, 0) is 32.9 Å². The van der Waals surface area contributed by atoms with Crippen molar-refractivity contribution in [2.45, 2.75) is 25.7 Å². The van der Waals surface area contributed by atoms with Crippen LogP contribution in [-0.4, -0.2) is 16.1 Å². The van der Waals surface area contributed by atoms with Gasteiger partial charge < -0.3 is 19.1 Å². The van der Waals surface area contributed by atoms with E-state index >= 15 is 0 Å². The van der Waals surface area contributed by atoms with E-state index < -0.39 is 0 Å². The molecule has 11 rings (SSSR count). The summed E-state index contributed by atoms with van der Waals surface area (Å²) in [6.45, 7) is 7.70. The van der Waals surface area contributed by atoms with Gasteiger partial charge in [-0.05, 0) is 81.4 Å². The van der Waals surface area contributed by atoms with Crippen LogP contribution in [0.4, 0.5) is 17.1 Å². The van der Waals surface area contributed by atoms with Crippen LogP contribution in [0.5, 0.6) is 11.5 Å². The summed E-state index contributed by atoms with van der Waals surface area (Å²) in [5.41, 5.74) is 14.0. The van der Waals surface area contributed by atoms with Crippen LogP contribution >= 0.6 is 0 Å². The summed E-state index contributed by atoms with van der Waals surface area (Å²) in [7, 11) is 0. The summed E-state index contributed by atoms with van der Waals surface area (Å²) in [5, 5.41) is 2.25. The fourth-order valence-corrected chi connectivity index (χ4v) is 9.13. The number of nitrogens with zero attached hydrogens (tertiary/aromatic N) is 4. The van der Waals surface area contributed by atoms with Crippen LogP contribution in [0.1, 0.15) is 30.5 Å². The van der Waals surface area contributed by atoms with E-state index in [1.807, 2.05) is 36.5 Å². The molecule has 0 atom stereocenters. The minimum Gasteiger partial charge on any atom is -0.509 e. The number of benzene rings is 7. The van der Waals surface area contributed by atoms with Crippen molar-refractivity contribution < 1.29 is 25.8 Å². The van der Waals surface area contributed by atoms with Crippen molar-refractivity contribution in [2.75, 3.05) is 16.3 Å². The molecule has 0 amide bonds. The second-order valence-corrected chi connectivity index (χ2v) is 15.6. The van der Waals surface area contributed by atoms with Gasteiger partial charge in [-0.3, -0.25) is 0 Å². The quantitative estimate of drug-likeness (QED) is 0.142. The zero-order chi connectivity index (χ0) is 38.8. The summed E-state index contributed by atoms with van der Waals surface area (Å²) in [6.07, 6.45) is 2.69. The molecule has 0 spiro atoms. The molecule has 0 saturated heterocycles. The molecule has 59 heavy (non-hydrogen) atoms. The van der Waals surface area contributed by atoms with Crippen molar-refractivity contribution in [1.29, 1.82) is 0 Å². The first-order chi connectivity index (χ1) is 28.5. The fraction of sp³-hybridized carbons (Fsp3) is 0.0943. The van der Waals surface area contributed by atoms with Crippen molar-refractivity contribution in [3.05, 3.63) is 205 Å². The van der Waals surface area contributed by atoms with Crippen LogP contribution in [0.15, 0.2) is 170 Å². The van der Waals surface area contributed by atoms with Crippen molar-refractivity contribution in [3.8, 4) is 39.6 Å². The number of hydrogen-bond donors (Lipinski definition) is 0. The standard InChI is InChI=1S/C53H39N4O.Pt/c1-53(2)45-29-27-39(58-38-26-28-44-43-19-9-10-23-47(43)57(49(44)33-38)51-25-11-12-31-54-51)34-50(45)56-35-55(48-24-14-22-46(53)52(48)56)32-30-42-40(36-15-5-3-6-16-36)20-13-21-41(42)37-17-7-4-8-18-37;/h3-29,31,35H,30,32H2,1-2H3;/q-3;.